The summed E-state index contributed by atoms with van der Waals surface area (Å²) < 4.78 is 21.4. The van der Waals surface area contributed by atoms with Crippen LogP contribution >= 0.6 is 23.2 Å². The summed E-state index contributed by atoms with van der Waals surface area (Å²) in [6, 6.07) is 31.2. The van der Waals surface area contributed by atoms with Crippen LogP contribution in [0.15, 0.2) is 126 Å². The van der Waals surface area contributed by atoms with Gasteiger partial charge < -0.3 is 24.8 Å². The third-order valence-corrected chi connectivity index (χ3v) is 10.3. The molecule has 2 atom stereocenters. The van der Waals surface area contributed by atoms with E-state index in [1.54, 1.807) is 54.7 Å². The van der Waals surface area contributed by atoms with E-state index < -0.39 is 23.8 Å². The number of halogens is 2. The number of rotatable bonds is 18. The average molecular weight is 877 g/mol. The number of hydrogen-bond donors (Lipinski definition) is 3. The molecule has 5 aromatic carbocycles. The molecule has 13 nitrogen and oxygen atoms in total. The molecule has 0 saturated heterocycles. The molecule has 2 unspecified atom stereocenters. The lowest BCUT2D eigenvalue weighted by Gasteiger charge is -2.25. The van der Waals surface area contributed by atoms with Crippen molar-refractivity contribution >= 4 is 57.3 Å². The highest BCUT2D eigenvalue weighted by molar-refractivity contribution is 6.35. The van der Waals surface area contributed by atoms with Crippen molar-refractivity contribution in [1.29, 1.82) is 0 Å². The van der Waals surface area contributed by atoms with E-state index in [-0.39, 0.29) is 41.9 Å². The molecule has 320 valence electrons. The first-order valence-corrected chi connectivity index (χ1v) is 20.9. The Morgan fingerprint density at radius 2 is 1.66 bits per heavy atom. The van der Waals surface area contributed by atoms with Crippen molar-refractivity contribution in [3.63, 3.8) is 0 Å². The van der Waals surface area contributed by atoms with E-state index in [1.165, 1.54) is 21.4 Å². The highest BCUT2D eigenvalue weighted by Crippen LogP contribution is 2.34. The summed E-state index contributed by atoms with van der Waals surface area (Å²) in [6.45, 7) is 10.1. The smallest absolute Gasteiger partial charge is 0.266 e. The van der Waals surface area contributed by atoms with Crippen molar-refractivity contribution < 1.29 is 23.8 Å². The minimum absolute atomic E-state index is 0.0305. The molecule has 0 radical (unpaired) electrons. The molecule has 0 spiro atoms. The summed E-state index contributed by atoms with van der Waals surface area (Å²) >= 11 is 13.1. The van der Waals surface area contributed by atoms with Crippen LogP contribution in [-0.2, 0) is 21.0 Å². The SMILES string of the molecule is CCC(OCNc1ccc(OC(C)C)c(NC(=O)C(c2nc3ccccc3c(=O)n2-c2ccc(Cl)cc2Cl)n2ccnc2NOCc2ccccc2)c1)Oc1cc(C)ccc1C. The van der Waals surface area contributed by atoms with Crippen LogP contribution in [0.2, 0.25) is 10.0 Å². The van der Waals surface area contributed by atoms with Gasteiger partial charge in [0, 0.05) is 29.5 Å². The van der Waals surface area contributed by atoms with Gasteiger partial charge in [-0.05, 0) is 99.0 Å². The first-order valence-electron chi connectivity index (χ1n) is 20.1. The van der Waals surface area contributed by atoms with Gasteiger partial charge in [0.25, 0.3) is 11.5 Å². The molecule has 2 heterocycles. The first kappa shape index (κ1) is 43.7. The number of benzene rings is 5. The molecule has 0 aliphatic rings. The maximum absolute atomic E-state index is 15.2. The van der Waals surface area contributed by atoms with Crippen LogP contribution < -0.4 is 31.1 Å². The lowest BCUT2D eigenvalue weighted by molar-refractivity contribution is -0.118. The Bertz CT molecular complexity index is 2720. The van der Waals surface area contributed by atoms with Crippen LogP contribution in [0.5, 0.6) is 11.5 Å². The monoisotopic (exact) mass is 875 g/mol. The number of carbonyl (C=O) groups excluding carboxylic acids is 1. The molecule has 0 aliphatic heterocycles. The molecule has 7 aromatic rings. The fourth-order valence-corrected chi connectivity index (χ4v) is 7.17. The van der Waals surface area contributed by atoms with Gasteiger partial charge in [-0.2, -0.15) is 0 Å². The zero-order valence-electron chi connectivity index (χ0n) is 34.9. The van der Waals surface area contributed by atoms with Crippen molar-refractivity contribution in [1.82, 2.24) is 19.1 Å². The predicted molar refractivity (Wildman–Crippen MR) is 244 cm³/mol. The van der Waals surface area contributed by atoms with E-state index in [0.29, 0.717) is 39.5 Å². The fourth-order valence-electron chi connectivity index (χ4n) is 6.68. The Morgan fingerprint density at radius 3 is 2.44 bits per heavy atom. The van der Waals surface area contributed by atoms with Gasteiger partial charge in [-0.1, -0.05) is 84.7 Å². The van der Waals surface area contributed by atoms with Gasteiger partial charge in [0.05, 0.1) is 40.0 Å². The second kappa shape index (κ2) is 20.0. The van der Waals surface area contributed by atoms with Gasteiger partial charge in [-0.25, -0.2) is 15.4 Å². The molecule has 15 heteroatoms. The fraction of sp³-hybridized carbons (Fsp3) is 0.234. The van der Waals surface area contributed by atoms with Gasteiger partial charge >= 0.3 is 0 Å². The maximum atomic E-state index is 15.2. The second-order valence-electron chi connectivity index (χ2n) is 14.7. The Balaban J connectivity index is 1.26. The summed E-state index contributed by atoms with van der Waals surface area (Å²) in [4.78, 5) is 45.1. The molecule has 7 rings (SSSR count). The third kappa shape index (κ3) is 10.4. The van der Waals surface area contributed by atoms with Crippen LogP contribution in [0, 0.1) is 13.8 Å². The van der Waals surface area contributed by atoms with E-state index in [0.717, 1.165) is 22.4 Å². The number of para-hydroxylation sites is 1. The summed E-state index contributed by atoms with van der Waals surface area (Å²) in [5.74, 6) is 0.767. The largest absolute Gasteiger partial charge is 0.489 e. The zero-order valence-corrected chi connectivity index (χ0v) is 36.4. The van der Waals surface area contributed by atoms with Gasteiger partial charge in [-0.15, -0.1) is 0 Å². The molecule has 1 amide bonds. The zero-order chi connectivity index (χ0) is 43.8. The number of aryl methyl sites for hydroxylation is 2. The number of fused-ring (bicyclic) bond motifs is 1. The van der Waals surface area contributed by atoms with Crippen LogP contribution in [0.1, 0.15) is 55.7 Å². The van der Waals surface area contributed by atoms with Crippen LogP contribution in [-0.4, -0.2) is 44.1 Å². The predicted octanol–water partition coefficient (Wildman–Crippen LogP) is 10.3. The van der Waals surface area contributed by atoms with Crippen LogP contribution in [0.4, 0.5) is 17.3 Å². The Labute approximate surface area is 369 Å². The van der Waals surface area contributed by atoms with Crippen molar-refractivity contribution in [3.8, 4) is 17.2 Å². The number of amides is 1. The van der Waals surface area contributed by atoms with Crippen molar-refractivity contribution in [2.75, 3.05) is 22.8 Å². The number of nitrogens with one attached hydrogen (secondary N) is 3. The molecular weight excluding hydrogens is 829 g/mol. The number of carbonyl (C=O) groups is 1. The lowest BCUT2D eigenvalue weighted by atomic mass is 10.1. The summed E-state index contributed by atoms with van der Waals surface area (Å²) in [6.07, 6.45) is 2.97. The Morgan fingerprint density at radius 1 is 0.871 bits per heavy atom. The quantitative estimate of drug-likeness (QED) is 0.0563. The van der Waals surface area contributed by atoms with E-state index in [1.807, 2.05) is 89.2 Å². The van der Waals surface area contributed by atoms with Crippen LogP contribution in [0.3, 0.4) is 0 Å². The highest BCUT2D eigenvalue weighted by atomic mass is 35.5. The van der Waals surface area contributed by atoms with Gasteiger partial charge in [0.15, 0.2) is 6.04 Å². The van der Waals surface area contributed by atoms with Crippen molar-refractivity contribution in [3.05, 3.63) is 165 Å². The topological polar surface area (TPSA) is 143 Å². The molecule has 3 N–H and O–H groups in total. The Hall–Kier alpha value is -6.38. The number of anilines is 3. The van der Waals surface area contributed by atoms with Gasteiger partial charge in [-0.3, -0.25) is 23.6 Å². The number of hydrogen-bond acceptors (Lipinski definition) is 10. The Kier molecular flexibility index (Phi) is 14.1. The number of aromatic nitrogens is 4. The summed E-state index contributed by atoms with van der Waals surface area (Å²) in [7, 11) is 0. The van der Waals surface area contributed by atoms with E-state index in [9.17, 15) is 4.79 Å². The first-order chi connectivity index (χ1) is 30.0. The average Bonchev–Trinajstić information content (AvgIpc) is 3.71. The van der Waals surface area contributed by atoms with E-state index in [4.69, 9.17) is 47.2 Å². The third-order valence-electron chi connectivity index (χ3n) is 9.72. The van der Waals surface area contributed by atoms with E-state index >= 15 is 4.79 Å². The standard InChI is InChI=1S/C47H47Cl2N7O6/c1-6-42(62-41-24-30(4)16-17-31(41)5)59-28-51-34-19-21-40(61-29(2)3)38(26-34)53-45(57)43(55-23-22-50-47(55)54-60-27-32-12-8-7-9-13-32)44-52-37-15-11-10-14-35(37)46(58)56(44)39-20-18-33(48)25-36(39)49/h7-26,29,42-43,51H,6,27-28H2,1-5H3,(H,50,54)(H,53,57). The van der Waals surface area contributed by atoms with Crippen LogP contribution in [0.25, 0.3) is 16.6 Å². The number of ether oxygens (including phenoxy) is 3. The van der Waals surface area contributed by atoms with E-state index in [2.05, 4.69) is 21.1 Å². The minimum Gasteiger partial charge on any atom is -0.489 e. The van der Waals surface area contributed by atoms with Crippen molar-refractivity contribution in [2.24, 2.45) is 0 Å². The molecule has 0 bridgehead atoms. The summed E-state index contributed by atoms with van der Waals surface area (Å²) in [5.41, 5.74) is 7.05. The lowest BCUT2D eigenvalue weighted by Crippen LogP contribution is -2.35. The summed E-state index contributed by atoms with van der Waals surface area (Å²) in [5, 5.41) is 7.22. The van der Waals surface area contributed by atoms with Crippen molar-refractivity contribution in [2.45, 2.75) is 66.1 Å². The molecule has 62 heavy (non-hydrogen) atoms. The molecule has 0 saturated carbocycles. The molecule has 2 aromatic heterocycles. The number of nitrogens with zero attached hydrogens (tertiary/aromatic N) is 4. The van der Waals surface area contributed by atoms with Gasteiger partial charge in [0.2, 0.25) is 12.2 Å². The second-order valence-corrected chi connectivity index (χ2v) is 15.6. The minimum atomic E-state index is -1.36. The van der Waals surface area contributed by atoms with Gasteiger partial charge in [0.1, 0.15) is 24.1 Å². The number of imidazole rings is 1. The molecule has 0 fully saturated rings. The highest BCUT2D eigenvalue weighted by Gasteiger charge is 2.32. The normalized spacial score (nSPS) is 12.3. The molecule has 0 aliphatic carbocycles. The maximum Gasteiger partial charge on any atom is 0.266 e. The molecular formula is C47H47Cl2N7O6.